The van der Waals surface area contributed by atoms with Gasteiger partial charge in [-0.1, -0.05) is 122 Å². The summed E-state index contributed by atoms with van der Waals surface area (Å²) in [6.07, 6.45) is 16.9. The zero-order valence-electron chi connectivity index (χ0n) is 32.3. The molecule has 53 heavy (non-hydrogen) atoms. The molecule has 0 radical (unpaired) electrons. The molecule has 0 aromatic carbocycles. The Morgan fingerprint density at radius 3 is 1.57 bits per heavy atom. The van der Waals surface area contributed by atoms with Gasteiger partial charge in [0.2, 0.25) is 0 Å². The third-order valence-electron chi connectivity index (χ3n) is 9.30. The molecule has 0 aromatic heterocycles. The summed E-state index contributed by atoms with van der Waals surface area (Å²) in [7, 11) is -5.11. The Hall–Kier alpha value is -1.67. The Morgan fingerprint density at radius 1 is 0.585 bits per heavy atom. The maximum atomic E-state index is 12.7. The molecule has 8 atom stereocenters. The highest BCUT2D eigenvalue weighted by Gasteiger charge is 2.51. The minimum absolute atomic E-state index is 0.0826. The Balaban J connectivity index is 2.53. The van der Waals surface area contributed by atoms with Gasteiger partial charge in [-0.05, 0) is 44.9 Å². The van der Waals surface area contributed by atoms with Crippen molar-refractivity contribution < 1.29 is 63.1 Å². The zero-order valence-corrected chi connectivity index (χ0v) is 33.2. The summed E-state index contributed by atoms with van der Waals surface area (Å²) < 4.78 is 33.3. The van der Waals surface area contributed by atoms with Gasteiger partial charge in [-0.25, -0.2) is 4.57 Å². The van der Waals surface area contributed by atoms with E-state index in [1.54, 1.807) is 0 Å². The van der Waals surface area contributed by atoms with E-state index in [0.29, 0.717) is 12.8 Å². The minimum Gasteiger partial charge on any atom is -0.462 e. The van der Waals surface area contributed by atoms with E-state index in [1.807, 2.05) is 0 Å². The lowest BCUT2D eigenvalue weighted by Gasteiger charge is -2.41. The molecule has 1 rings (SSSR count). The number of unbranched alkanes of at least 4 members (excludes halogenated alkanes) is 16. The van der Waals surface area contributed by atoms with Crippen LogP contribution in [0.4, 0.5) is 0 Å². The van der Waals surface area contributed by atoms with E-state index < -0.39 is 75.7 Å². The molecule has 1 saturated carbocycles. The first-order valence-corrected chi connectivity index (χ1v) is 21.6. The SMILES string of the molecule is CCCCC/C=C\C/C=C\CCCCCCCC(=O)O[C@H](COC(=O)CCCCCCCCCCC)COP(=O)(O)OC1C(O)C(O)C(O)[C@@H](O)C1O. The van der Waals surface area contributed by atoms with Crippen LogP contribution in [0.3, 0.4) is 0 Å². The third-order valence-corrected chi connectivity index (χ3v) is 10.3. The van der Waals surface area contributed by atoms with Gasteiger partial charge in [0.25, 0.3) is 0 Å². The number of phosphoric acid groups is 1. The first-order chi connectivity index (χ1) is 25.4. The van der Waals surface area contributed by atoms with Gasteiger partial charge in [0, 0.05) is 12.8 Å². The van der Waals surface area contributed by atoms with E-state index in [1.165, 1.54) is 51.4 Å². The van der Waals surface area contributed by atoms with Crippen molar-refractivity contribution in [2.24, 2.45) is 0 Å². The molecule has 1 aliphatic carbocycles. The van der Waals surface area contributed by atoms with Crippen molar-refractivity contribution >= 4 is 19.8 Å². The van der Waals surface area contributed by atoms with E-state index in [-0.39, 0.29) is 12.8 Å². The van der Waals surface area contributed by atoms with Gasteiger partial charge in [-0.3, -0.25) is 18.6 Å². The van der Waals surface area contributed by atoms with Gasteiger partial charge in [-0.2, -0.15) is 0 Å². The number of ether oxygens (including phenoxy) is 2. The molecule has 13 nitrogen and oxygen atoms in total. The van der Waals surface area contributed by atoms with E-state index in [4.69, 9.17) is 18.5 Å². The standard InChI is InChI=1S/C39H71O13P/c1-3-5-7-9-11-13-14-15-16-17-18-20-22-24-26-28-33(41)51-31(29-49-32(40)27-25-23-21-19-12-10-8-6-4-2)30-50-53(47,48)52-39-37(45)35(43)34(42)36(44)38(39)46/h11,13,15-16,31,34-39,42-46H,3-10,12,14,17-30H2,1-2H3,(H,47,48)/b13-11-,16-15-/t31-,34?,35-,36?,37?,38?,39?/m1/s1. The Labute approximate surface area is 317 Å². The molecule has 0 saturated heterocycles. The Kier molecular flexibility index (Phi) is 28.4. The molecule has 0 aliphatic heterocycles. The summed E-state index contributed by atoms with van der Waals surface area (Å²) in [6.45, 7) is 3.20. The molecular formula is C39H71O13P. The average molecular weight is 779 g/mol. The first kappa shape index (κ1) is 49.3. The molecule has 0 amide bonds. The summed E-state index contributed by atoms with van der Waals surface area (Å²) in [4.78, 5) is 35.4. The van der Waals surface area contributed by atoms with Crippen LogP contribution in [0.15, 0.2) is 24.3 Å². The van der Waals surface area contributed by atoms with Crippen LogP contribution in [0.5, 0.6) is 0 Å². The summed E-state index contributed by atoms with van der Waals surface area (Å²) >= 11 is 0. The van der Waals surface area contributed by atoms with Crippen LogP contribution in [0.2, 0.25) is 0 Å². The van der Waals surface area contributed by atoms with Crippen molar-refractivity contribution in [3.8, 4) is 0 Å². The van der Waals surface area contributed by atoms with Crippen LogP contribution in [0, 0.1) is 0 Å². The van der Waals surface area contributed by atoms with Gasteiger partial charge in [-0.15, -0.1) is 0 Å². The van der Waals surface area contributed by atoms with Crippen molar-refractivity contribution in [1.29, 1.82) is 0 Å². The number of carbonyl (C=O) groups excluding carboxylic acids is 2. The third kappa shape index (κ3) is 23.8. The van der Waals surface area contributed by atoms with E-state index in [2.05, 4.69) is 38.2 Å². The molecule has 310 valence electrons. The van der Waals surface area contributed by atoms with Crippen molar-refractivity contribution in [2.45, 2.75) is 198 Å². The van der Waals surface area contributed by atoms with Crippen LogP contribution in [0.25, 0.3) is 0 Å². The summed E-state index contributed by atoms with van der Waals surface area (Å²) in [5, 5.41) is 49.9. The fraction of sp³-hybridized carbons (Fsp3) is 0.846. The molecule has 1 fully saturated rings. The van der Waals surface area contributed by atoms with Gasteiger partial charge >= 0.3 is 19.8 Å². The lowest BCUT2D eigenvalue weighted by Crippen LogP contribution is -2.64. The Morgan fingerprint density at radius 2 is 1.02 bits per heavy atom. The zero-order chi connectivity index (χ0) is 39.3. The highest BCUT2D eigenvalue weighted by atomic mass is 31.2. The van der Waals surface area contributed by atoms with Gasteiger partial charge in [0.1, 0.15) is 43.2 Å². The Bertz CT molecular complexity index is 1040. The number of phosphoric ester groups is 1. The van der Waals surface area contributed by atoms with Crippen molar-refractivity contribution in [1.82, 2.24) is 0 Å². The maximum Gasteiger partial charge on any atom is 0.472 e. The molecular weight excluding hydrogens is 707 g/mol. The summed E-state index contributed by atoms with van der Waals surface area (Å²) in [6, 6.07) is 0. The topological polar surface area (TPSA) is 210 Å². The predicted octanol–water partition coefficient (Wildman–Crippen LogP) is 6.50. The van der Waals surface area contributed by atoms with Crippen molar-refractivity contribution in [3.05, 3.63) is 24.3 Å². The van der Waals surface area contributed by atoms with Crippen LogP contribution in [0.1, 0.15) is 155 Å². The lowest BCUT2D eigenvalue weighted by atomic mass is 9.85. The van der Waals surface area contributed by atoms with Crippen molar-refractivity contribution in [3.63, 3.8) is 0 Å². The number of aliphatic hydroxyl groups is 5. The summed E-state index contributed by atoms with van der Waals surface area (Å²) in [5.74, 6) is -1.12. The number of hydrogen-bond donors (Lipinski definition) is 6. The van der Waals surface area contributed by atoms with Crippen LogP contribution < -0.4 is 0 Å². The van der Waals surface area contributed by atoms with Crippen molar-refractivity contribution in [2.75, 3.05) is 13.2 Å². The molecule has 0 aromatic rings. The van der Waals surface area contributed by atoms with E-state index in [0.717, 1.165) is 64.2 Å². The van der Waals surface area contributed by atoms with Gasteiger partial charge in [0.15, 0.2) is 6.10 Å². The molecule has 0 bridgehead atoms. The molecule has 6 unspecified atom stereocenters. The normalized spacial score (nSPS) is 23.7. The largest absolute Gasteiger partial charge is 0.472 e. The predicted molar refractivity (Wildman–Crippen MR) is 203 cm³/mol. The molecule has 14 heteroatoms. The van der Waals surface area contributed by atoms with E-state index >= 15 is 0 Å². The quantitative estimate of drug-likeness (QED) is 0.0187. The van der Waals surface area contributed by atoms with Crippen LogP contribution in [-0.4, -0.2) is 98.3 Å². The summed E-state index contributed by atoms with van der Waals surface area (Å²) in [5.41, 5.74) is 0. The van der Waals surface area contributed by atoms with Crippen LogP contribution >= 0.6 is 7.82 Å². The minimum atomic E-state index is -5.11. The smallest absolute Gasteiger partial charge is 0.462 e. The number of hydrogen-bond acceptors (Lipinski definition) is 12. The second-order valence-corrected chi connectivity index (χ2v) is 15.5. The second kappa shape index (κ2) is 30.5. The number of allylic oxidation sites excluding steroid dienone is 4. The molecule has 0 spiro atoms. The van der Waals surface area contributed by atoms with Gasteiger partial charge < -0.3 is 39.9 Å². The molecule has 0 heterocycles. The molecule has 1 aliphatic rings. The van der Waals surface area contributed by atoms with E-state index in [9.17, 15) is 44.6 Å². The monoisotopic (exact) mass is 778 g/mol. The highest BCUT2D eigenvalue weighted by Crippen LogP contribution is 2.47. The fourth-order valence-electron chi connectivity index (χ4n) is 5.96. The highest BCUT2D eigenvalue weighted by molar-refractivity contribution is 7.47. The lowest BCUT2D eigenvalue weighted by molar-refractivity contribution is -0.220. The maximum absolute atomic E-state index is 12.7. The first-order valence-electron chi connectivity index (χ1n) is 20.1. The van der Waals surface area contributed by atoms with Gasteiger partial charge in [0.05, 0.1) is 6.61 Å². The fourth-order valence-corrected chi connectivity index (χ4v) is 6.94. The number of aliphatic hydroxyl groups excluding tert-OH is 5. The molecule has 6 N–H and O–H groups in total. The van der Waals surface area contributed by atoms with Crippen LogP contribution in [-0.2, 0) is 32.7 Å². The average Bonchev–Trinajstić information content (AvgIpc) is 3.13. The number of esters is 2. The number of rotatable bonds is 32. The second-order valence-electron chi connectivity index (χ2n) is 14.1. The number of carbonyl (C=O) groups is 2.